The SMILES string of the molecule is CCNC(=NCc1ccccc1CN1CCCC1=O)NCCc1ccc(Cl)nc1. The van der Waals surface area contributed by atoms with Crippen LogP contribution >= 0.6 is 11.6 Å². The van der Waals surface area contributed by atoms with Gasteiger partial charge in [-0.1, -0.05) is 41.9 Å². The van der Waals surface area contributed by atoms with E-state index in [0.29, 0.717) is 24.7 Å². The molecule has 0 bridgehead atoms. The van der Waals surface area contributed by atoms with Crippen molar-refractivity contribution in [1.82, 2.24) is 20.5 Å². The lowest BCUT2D eigenvalue weighted by molar-refractivity contribution is -0.128. The molecule has 1 fully saturated rings. The second-order valence-electron chi connectivity index (χ2n) is 7.05. The lowest BCUT2D eigenvalue weighted by atomic mass is 10.1. The van der Waals surface area contributed by atoms with Gasteiger partial charge in [0.25, 0.3) is 0 Å². The van der Waals surface area contributed by atoms with Gasteiger partial charge in [-0.2, -0.15) is 0 Å². The van der Waals surface area contributed by atoms with Crippen LogP contribution in [-0.4, -0.2) is 41.4 Å². The molecule has 6 nitrogen and oxygen atoms in total. The maximum Gasteiger partial charge on any atom is 0.222 e. The van der Waals surface area contributed by atoms with E-state index in [4.69, 9.17) is 16.6 Å². The fourth-order valence-electron chi connectivity index (χ4n) is 3.33. The first-order chi connectivity index (χ1) is 14.2. The van der Waals surface area contributed by atoms with Crippen molar-refractivity contribution in [3.05, 3.63) is 64.4 Å². The number of nitrogens with one attached hydrogen (secondary N) is 2. The van der Waals surface area contributed by atoms with E-state index in [2.05, 4.69) is 27.8 Å². The Bertz CT molecular complexity index is 837. The highest BCUT2D eigenvalue weighted by Crippen LogP contribution is 2.17. The number of carbonyl (C=O) groups excluding carboxylic acids is 1. The summed E-state index contributed by atoms with van der Waals surface area (Å²) >= 11 is 5.83. The number of aliphatic imine (C=N–C) groups is 1. The minimum atomic E-state index is 0.245. The van der Waals surface area contributed by atoms with Gasteiger partial charge in [-0.15, -0.1) is 0 Å². The molecule has 2 heterocycles. The van der Waals surface area contributed by atoms with Crippen molar-refractivity contribution in [2.45, 2.75) is 39.3 Å². The molecule has 2 N–H and O–H groups in total. The maximum absolute atomic E-state index is 12.0. The minimum Gasteiger partial charge on any atom is -0.357 e. The fourth-order valence-corrected chi connectivity index (χ4v) is 3.44. The first-order valence-electron chi connectivity index (χ1n) is 10.1. The Kier molecular flexibility index (Phi) is 7.87. The van der Waals surface area contributed by atoms with Gasteiger partial charge in [0.15, 0.2) is 5.96 Å². The number of amides is 1. The van der Waals surface area contributed by atoms with Crippen LogP contribution in [0.25, 0.3) is 0 Å². The monoisotopic (exact) mass is 413 g/mol. The summed E-state index contributed by atoms with van der Waals surface area (Å²) < 4.78 is 0. The lowest BCUT2D eigenvalue weighted by Gasteiger charge is -2.18. The Labute approximate surface area is 177 Å². The summed E-state index contributed by atoms with van der Waals surface area (Å²) in [4.78, 5) is 22.7. The lowest BCUT2D eigenvalue weighted by Crippen LogP contribution is -2.38. The summed E-state index contributed by atoms with van der Waals surface area (Å²) in [6, 6.07) is 12.0. The van der Waals surface area contributed by atoms with Crippen molar-refractivity contribution in [2.24, 2.45) is 4.99 Å². The molecule has 0 saturated carbocycles. The van der Waals surface area contributed by atoms with Crippen molar-refractivity contribution in [3.8, 4) is 0 Å². The molecule has 1 saturated heterocycles. The summed E-state index contributed by atoms with van der Waals surface area (Å²) in [5.74, 6) is 1.02. The Morgan fingerprint density at radius 1 is 1.21 bits per heavy atom. The van der Waals surface area contributed by atoms with Gasteiger partial charge in [-0.3, -0.25) is 4.79 Å². The van der Waals surface area contributed by atoms with E-state index in [-0.39, 0.29) is 5.91 Å². The number of hydrogen-bond donors (Lipinski definition) is 2. The average molecular weight is 414 g/mol. The van der Waals surface area contributed by atoms with E-state index in [0.717, 1.165) is 55.1 Å². The third kappa shape index (κ3) is 6.46. The quantitative estimate of drug-likeness (QED) is 0.396. The molecule has 3 rings (SSSR count). The Morgan fingerprint density at radius 3 is 2.72 bits per heavy atom. The molecule has 0 spiro atoms. The number of nitrogens with zero attached hydrogens (tertiary/aromatic N) is 3. The van der Waals surface area contributed by atoms with E-state index in [1.807, 2.05) is 30.0 Å². The van der Waals surface area contributed by atoms with E-state index in [1.165, 1.54) is 0 Å². The Morgan fingerprint density at radius 2 is 2.03 bits per heavy atom. The van der Waals surface area contributed by atoms with Crippen LogP contribution in [0.4, 0.5) is 0 Å². The van der Waals surface area contributed by atoms with Gasteiger partial charge >= 0.3 is 0 Å². The molecule has 1 amide bonds. The van der Waals surface area contributed by atoms with Gasteiger partial charge in [0.05, 0.1) is 6.54 Å². The zero-order valence-electron chi connectivity index (χ0n) is 16.8. The van der Waals surface area contributed by atoms with Crippen molar-refractivity contribution in [3.63, 3.8) is 0 Å². The highest BCUT2D eigenvalue weighted by Gasteiger charge is 2.20. The smallest absolute Gasteiger partial charge is 0.222 e. The number of pyridine rings is 1. The number of rotatable bonds is 8. The van der Waals surface area contributed by atoms with Gasteiger partial charge in [-0.25, -0.2) is 9.98 Å². The van der Waals surface area contributed by atoms with Crippen LogP contribution in [0.1, 0.15) is 36.5 Å². The number of likely N-dealkylation sites (tertiary alicyclic amines) is 1. The Balaban J connectivity index is 1.59. The van der Waals surface area contributed by atoms with E-state index in [9.17, 15) is 4.79 Å². The largest absolute Gasteiger partial charge is 0.357 e. The number of halogens is 1. The van der Waals surface area contributed by atoms with Crippen LogP contribution in [0.5, 0.6) is 0 Å². The number of carbonyl (C=O) groups is 1. The third-order valence-corrected chi connectivity index (χ3v) is 5.12. The van der Waals surface area contributed by atoms with Gasteiger partial charge in [0.1, 0.15) is 5.15 Å². The van der Waals surface area contributed by atoms with Gasteiger partial charge in [0, 0.05) is 38.8 Å². The summed E-state index contributed by atoms with van der Waals surface area (Å²) in [6.07, 6.45) is 4.25. The van der Waals surface area contributed by atoms with Crippen molar-refractivity contribution >= 4 is 23.5 Å². The van der Waals surface area contributed by atoms with Crippen molar-refractivity contribution < 1.29 is 4.79 Å². The molecule has 7 heteroatoms. The molecule has 0 radical (unpaired) electrons. The molecule has 29 heavy (non-hydrogen) atoms. The molecule has 0 unspecified atom stereocenters. The number of benzene rings is 1. The average Bonchev–Trinajstić information content (AvgIpc) is 3.13. The van der Waals surface area contributed by atoms with E-state index >= 15 is 0 Å². The first-order valence-corrected chi connectivity index (χ1v) is 10.5. The fraction of sp³-hybridized carbons (Fsp3) is 0.409. The van der Waals surface area contributed by atoms with Crippen LogP contribution in [0, 0.1) is 0 Å². The summed E-state index contributed by atoms with van der Waals surface area (Å²) in [5, 5.41) is 7.16. The molecule has 1 aromatic heterocycles. The molecular weight excluding hydrogens is 386 g/mol. The van der Waals surface area contributed by atoms with Crippen molar-refractivity contribution in [2.75, 3.05) is 19.6 Å². The second kappa shape index (κ2) is 10.8. The summed E-state index contributed by atoms with van der Waals surface area (Å²) in [7, 11) is 0. The number of hydrogen-bond acceptors (Lipinski definition) is 3. The van der Waals surface area contributed by atoms with Crippen LogP contribution in [0.15, 0.2) is 47.6 Å². The predicted octanol–water partition coefficient (Wildman–Crippen LogP) is 3.16. The summed E-state index contributed by atoms with van der Waals surface area (Å²) in [5.41, 5.74) is 3.43. The normalized spacial score (nSPS) is 14.3. The molecule has 0 atom stereocenters. The second-order valence-corrected chi connectivity index (χ2v) is 7.44. The van der Waals surface area contributed by atoms with Gasteiger partial charge in [0.2, 0.25) is 5.91 Å². The molecular formula is C22H28ClN5O. The Hall–Kier alpha value is -2.60. The van der Waals surface area contributed by atoms with Crippen LogP contribution < -0.4 is 10.6 Å². The first kappa shape index (κ1) is 21.1. The highest BCUT2D eigenvalue weighted by molar-refractivity contribution is 6.29. The minimum absolute atomic E-state index is 0.245. The van der Waals surface area contributed by atoms with E-state index < -0.39 is 0 Å². The standard InChI is InChI=1S/C22H28ClN5O/c1-2-24-22(25-12-11-17-9-10-20(23)26-14-17)27-15-18-6-3-4-7-19(18)16-28-13-5-8-21(28)29/h3-4,6-7,9-10,14H,2,5,8,11-13,15-16H2,1H3,(H2,24,25,27). The highest BCUT2D eigenvalue weighted by atomic mass is 35.5. The van der Waals surface area contributed by atoms with Crippen molar-refractivity contribution in [1.29, 1.82) is 0 Å². The molecule has 0 aliphatic carbocycles. The predicted molar refractivity (Wildman–Crippen MR) is 117 cm³/mol. The summed E-state index contributed by atoms with van der Waals surface area (Å²) in [6.45, 7) is 5.67. The van der Waals surface area contributed by atoms with E-state index in [1.54, 1.807) is 12.3 Å². The molecule has 1 aromatic carbocycles. The zero-order valence-corrected chi connectivity index (χ0v) is 17.6. The van der Waals surface area contributed by atoms with Crippen LogP contribution in [0.2, 0.25) is 5.15 Å². The van der Waals surface area contributed by atoms with Crippen LogP contribution in [-0.2, 0) is 24.3 Å². The maximum atomic E-state index is 12.0. The molecule has 1 aliphatic rings. The molecule has 2 aromatic rings. The van der Waals surface area contributed by atoms with Crippen LogP contribution in [0.3, 0.4) is 0 Å². The third-order valence-electron chi connectivity index (χ3n) is 4.90. The topological polar surface area (TPSA) is 69.6 Å². The molecule has 154 valence electrons. The molecule has 1 aliphatic heterocycles. The zero-order chi connectivity index (χ0) is 20.5. The van der Waals surface area contributed by atoms with Gasteiger partial charge < -0.3 is 15.5 Å². The van der Waals surface area contributed by atoms with Gasteiger partial charge in [-0.05, 0) is 42.5 Å². The number of guanidine groups is 1. The number of aromatic nitrogens is 1.